The Morgan fingerprint density at radius 3 is 2.63 bits per heavy atom. The zero-order chi connectivity index (χ0) is 14.4. The summed E-state index contributed by atoms with van der Waals surface area (Å²) in [5, 5.41) is 11.6. The fourth-order valence-electron chi connectivity index (χ4n) is 1.94. The molecule has 1 aromatic rings. The molecule has 6 heteroatoms. The van der Waals surface area contributed by atoms with Crippen LogP contribution in [0, 0.1) is 11.8 Å². The van der Waals surface area contributed by atoms with Gasteiger partial charge in [-0.2, -0.15) is 0 Å². The van der Waals surface area contributed by atoms with Gasteiger partial charge in [0.2, 0.25) is 5.22 Å². The maximum atomic E-state index is 11.8. The van der Waals surface area contributed by atoms with E-state index in [9.17, 15) is 9.59 Å². The summed E-state index contributed by atoms with van der Waals surface area (Å²) in [6.45, 7) is 4.35. The zero-order valence-corrected chi connectivity index (χ0v) is 11.7. The van der Waals surface area contributed by atoms with E-state index in [-0.39, 0.29) is 29.0 Å². The summed E-state index contributed by atoms with van der Waals surface area (Å²) in [7, 11) is 0. The van der Waals surface area contributed by atoms with Gasteiger partial charge in [-0.05, 0) is 35.9 Å². The van der Waals surface area contributed by atoms with Gasteiger partial charge in [-0.15, -0.1) is 0 Å². The van der Waals surface area contributed by atoms with Crippen molar-refractivity contribution in [2.75, 3.05) is 6.54 Å². The van der Waals surface area contributed by atoms with Gasteiger partial charge < -0.3 is 14.8 Å². The zero-order valence-electron chi connectivity index (χ0n) is 11.0. The van der Waals surface area contributed by atoms with E-state index < -0.39 is 5.97 Å². The van der Waals surface area contributed by atoms with E-state index in [1.165, 1.54) is 12.3 Å². The SMILES string of the molecule is CC(C)CC(CNC(=O)c1ccoc1Cl)CC(=O)O. The number of carbonyl (C=O) groups excluding carboxylic acids is 1. The minimum absolute atomic E-state index is 0.0381. The summed E-state index contributed by atoms with van der Waals surface area (Å²) in [4.78, 5) is 22.6. The van der Waals surface area contributed by atoms with Crippen LogP contribution in [0.3, 0.4) is 0 Å². The number of hydrogen-bond donors (Lipinski definition) is 2. The monoisotopic (exact) mass is 287 g/mol. The molecular formula is C13H18ClNO4. The molecule has 0 aromatic carbocycles. The Morgan fingerprint density at radius 1 is 1.47 bits per heavy atom. The molecule has 0 saturated heterocycles. The van der Waals surface area contributed by atoms with Crippen molar-refractivity contribution in [3.8, 4) is 0 Å². The van der Waals surface area contributed by atoms with E-state index in [4.69, 9.17) is 21.1 Å². The quantitative estimate of drug-likeness (QED) is 0.808. The third-order valence-electron chi connectivity index (χ3n) is 2.68. The van der Waals surface area contributed by atoms with Crippen molar-refractivity contribution in [2.24, 2.45) is 11.8 Å². The summed E-state index contributed by atoms with van der Waals surface area (Å²) in [6.07, 6.45) is 2.11. The van der Waals surface area contributed by atoms with E-state index in [1.54, 1.807) is 0 Å². The highest BCUT2D eigenvalue weighted by Crippen LogP contribution is 2.18. The highest BCUT2D eigenvalue weighted by Gasteiger charge is 2.18. The third-order valence-corrected chi connectivity index (χ3v) is 2.97. The molecule has 0 aliphatic carbocycles. The van der Waals surface area contributed by atoms with Gasteiger partial charge in [0.1, 0.15) is 0 Å². The van der Waals surface area contributed by atoms with Gasteiger partial charge in [-0.25, -0.2) is 0 Å². The number of aliphatic carboxylic acids is 1. The fraction of sp³-hybridized carbons (Fsp3) is 0.538. The van der Waals surface area contributed by atoms with Crippen molar-refractivity contribution in [2.45, 2.75) is 26.7 Å². The Balaban J connectivity index is 2.53. The second kappa shape index (κ2) is 7.19. The van der Waals surface area contributed by atoms with Crippen LogP contribution in [-0.4, -0.2) is 23.5 Å². The van der Waals surface area contributed by atoms with Gasteiger partial charge in [0.05, 0.1) is 11.8 Å². The molecule has 1 unspecified atom stereocenters. The number of nitrogens with one attached hydrogen (secondary N) is 1. The van der Waals surface area contributed by atoms with Crippen molar-refractivity contribution in [3.63, 3.8) is 0 Å². The molecule has 0 saturated carbocycles. The fourth-order valence-corrected chi connectivity index (χ4v) is 2.14. The van der Waals surface area contributed by atoms with E-state index in [2.05, 4.69) is 5.32 Å². The molecule has 1 heterocycles. The second-order valence-electron chi connectivity index (χ2n) is 4.91. The summed E-state index contributed by atoms with van der Waals surface area (Å²) in [5.74, 6) is -0.926. The van der Waals surface area contributed by atoms with Gasteiger partial charge in [-0.1, -0.05) is 13.8 Å². The number of carboxylic acids is 1. The molecule has 0 aliphatic heterocycles. The molecule has 5 nitrogen and oxygen atoms in total. The van der Waals surface area contributed by atoms with Crippen LogP contribution in [0.2, 0.25) is 5.22 Å². The van der Waals surface area contributed by atoms with Crippen LogP contribution < -0.4 is 5.32 Å². The second-order valence-corrected chi connectivity index (χ2v) is 5.25. The average molecular weight is 288 g/mol. The van der Waals surface area contributed by atoms with Crippen LogP contribution in [0.5, 0.6) is 0 Å². The van der Waals surface area contributed by atoms with Crippen LogP contribution in [0.25, 0.3) is 0 Å². The Labute approximate surface area is 116 Å². The van der Waals surface area contributed by atoms with E-state index >= 15 is 0 Å². The van der Waals surface area contributed by atoms with Gasteiger partial charge in [0, 0.05) is 13.0 Å². The molecule has 1 amide bonds. The molecule has 0 fully saturated rings. The van der Waals surface area contributed by atoms with Crippen molar-refractivity contribution in [1.82, 2.24) is 5.32 Å². The lowest BCUT2D eigenvalue weighted by molar-refractivity contribution is -0.138. The number of halogens is 1. The van der Waals surface area contributed by atoms with Crippen molar-refractivity contribution in [1.29, 1.82) is 0 Å². The maximum Gasteiger partial charge on any atom is 0.303 e. The van der Waals surface area contributed by atoms with Crippen LogP contribution in [0.1, 0.15) is 37.0 Å². The first-order chi connectivity index (χ1) is 8.90. The number of furan rings is 1. The lowest BCUT2D eigenvalue weighted by Crippen LogP contribution is -2.31. The van der Waals surface area contributed by atoms with Crippen molar-refractivity contribution < 1.29 is 19.1 Å². The average Bonchev–Trinajstić information content (AvgIpc) is 2.70. The van der Waals surface area contributed by atoms with Gasteiger partial charge in [-0.3, -0.25) is 9.59 Å². The van der Waals surface area contributed by atoms with E-state index in [0.29, 0.717) is 12.5 Å². The standard InChI is InChI=1S/C13H18ClNO4/c1-8(2)5-9(6-11(16)17)7-15-13(18)10-3-4-19-12(10)14/h3-4,8-9H,5-7H2,1-2H3,(H,15,18)(H,16,17). The lowest BCUT2D eigenvalue weighted by atomic mass is 9.94. The summed E-state index contributed by atoms with van der Waals surface area (Å²) < 4.78 is 4.83. The summed E-state index contributed by atoms with van der Waals surface area (Å²) in [6, 6.07) is 1.48. The largest absolute Gasteiger partial charge is 0.481 e. The maximum absolute atomic E-state index is 11.8. The van der Waals surface area contributed by atoms with Gasteiger partial charge >= 0.3 is 5.97 Å². The Bertz CT molecular complexity index is 442. The highest BCUT2D eigenvalue weighted by molar-refractivity contribution is 6.32. The van der Waals surface area contributed by atoms with Crippen LogP contribution in [0.15, 0.2) is 16.7 Å². The Morgan fingerprint density at radius 2 is 2.16 bits per heavy atom. The highest BCUT2D eigenvalue weighted by atomic mass is 35.5. The summed E-state index contributed by atoms with van der Waals surface area (Å²) in [5.41, 5.74) is 0.264. The van der Waals surface area contributed by atoms with Crippen molar-refractivity contribution >= 4 is 23.5 Å². The molecule has 106 valence electrons. The smallest absolute Gasteiger partial charge is 0.303 e. The van der Waals surface area contributed by atoms with Crippen LogP contribution in [-0.2, 0) is 4.79 Å². The minimum atomic E-state index is -0.860. The molecule has 0 radical (unpaired) electrons. The Kier molecular flexibility index (Phi) is 5.89. The molecule has 19 heavy (non-hydrogen) atoms. The number of carboxylic acid groups (broad SMARTS) is 1. The molecule has 1 atom stereocenters. The first-order valence-electron chi connectivity index (χ1n) is 6.13. The normalized spacial score (nSPS) is 12.4. The number of hydrogen-bond acceptors (Lipinski definition) is 3. The number of amides is 1. The Hall–Kier alpha value is -1.49. The topological polar surface area (TPSA) is 79.5 Å². The lowest BCUT2D eigenvalue weighted by Gasteiger charge is -2.17. The molecule has 0 bridgehead atoms. The minimum Gasteiger partial charge on any atom is -0.481 e. The van der Waals surface area contributed by atoms with E-state index in [0.717, 1.165) is 6.42 Å². The van der Waals surface area contributed by atoms with Crippen LogP contribution >= 0.6 is 11.6 Å². The molecular weight excluding hydrogens is 270 g/mol. The molecule has 2 N–H and O–H groups in total. The number of carbonyl (C=O) groups is 2. The summed E-state index contributed by atoms with van der Waals surface area (Å²) >= 11 is 5.70. The predicted molar refractivity (Wildman–Crippen MR) is 71.2 cm³/mol. The first-order valence-corrected chi connectivity index (χ1v) is 6.51. The molecule has 1 rings (SSSR count). The van der Waals surface area contributed by atoms with E-state index in [1.807, 2.05) is 13.8 Å². The predicted octanol–water partition coefficient (Wildman–Crippen LogP) is 2.80. The van der Waals surface area contributed by atoms with Gasteiger partial charge in [0.25, 0.3) is 5.91 Å². The molecule has 1 aromatic heterocycles. The first kappa shape index (κ1) is 15.6. The van der Waals surface area contributed by atoms with Gasteiger partial charge in [0.15, 0.2) is 0 Å². The van der Waals surface area contributed by atoms with Crippen LogP contribution in [0.4, 0.5) is 0 Å². The van der Waals surface area contributed by atoms with Crippen molar-refractivity contribution in [3.05, 3.63) is 23.1 Å². The molecule has 0 aliphatic rings. The molecule has 0 spiro atoms. The third kappa shape index (κ3) is 5.34. The number of rotatable bonds is 7.